The maximum absolute atomic E-state index is 6.27. The Hall–Kier alpha value is -2.21. The highest BCUT2D eigenvalue weighted by atomic mass is 35.5. The Bertz CT molecular complexity index is 897. The minimum Gasteiger partial charge on any atom is -0.355 e. The molecule has 0 aliphatic carbocycles. The molecular formula is C18H21ClN6. The van der Waals surface area contributed by atoms with E-state index in [-0.39, 0.29) is 0 Å². The first-order chi connectivity index (χ1) is 12.1. The summed E-state index contributed by atoms with van der Waals surface area (Å²) in [5, 5.41) is 7.94. The summed E-state index contributed by atoms with van der Waals surface area (Å²) in [4.78, 5) is 15.7. The van der Waals surface area contributed by atoms with Gasteiger partial charge in [0, 0.05) is 31.0 Å². The van der Waals surface area contributed by atoms with E-state index in [2.05, 4.69) is 38.9 Å². The van der Waals surface area contributed by atoms with Crippen molar-refractivity contribution in [1.29, 1.82) is 0 Å². The number of fused-ring (bicyclic) bond motifs is 1. The topological polar surface area (TPSA) is 70.6 Å². The Balaban J connectivity index is 1.64. The first kappa shape index (κ1) is 16.3. The van der Waals surface area contributed by atoms with E-state index < -0.39 is 0 Å². The van der Waals surface area contributed by atoms with Gasteiger partial charge in [0.15, 0.2) is 0 Å². The number of anilines is 1. The Labute approximate surface area is 151 Å². The van der Waals surface area contributed by atoms with Crippen molar-refractivity contribution in [2.75, 3.05) is 18.0 Å². The smallest absolute Gasteiger partial charge is 0.202 e. The molecule has 6 nitrogen and oxygen atoms in total. The molecule has 0 amide bonds. The van der Waals surface area contributed by atoms with Gasteiger partial charge in [-0.1, -0.05) is 31.9 Å². The molecule has 0 unspecified atom stereocenters. The molecule has 1 fully saturated rings. The molecule has 4 rings (SSSR count). The fourth-order valence-corrected chi connectivity index (χ4v) is 3.52. The van der Waals surface area contributed by atoms with Crippen LogP contribution >= 0.6 is 11.6 Å². The van der Waals surface area contributed by atoms with E-state index in [4.69, 9.17) is 16.6 Å². The second kappa shape index (κ2) is 6.26. The summed E-state index contributed by atoms with van der Waals surface area (Å²) < 4.78 is 0. The van der Waals surface area contributed by atoms with Crippen LogP contribution in [0.4, 0.5) is 5.82 Å². The van der Waals surface area contributed by atoms with Crippen molar-refractivity contribution >= 4 is 28.6 Å². The monoisotopic (exact) mass is 356 g/mol. The number of nitrogens with zero attached hydrogens (tertiary/aromatic N) is 5. The largest absolute Gasteiger partial charge is 0.355 e. The van der Waals surface area contributed by atoms with Gasteiger partial charge in [0.2, 0.25) is 5.65 Å². The summed E-state index contributed by atoms with van der Waals surface area (Å²) in [5.74, 6) is 0.890. The summed E-state index contributed by atoms with van der Waals surface area (Å²) in [7, 11) is 0. The number of nitrogens with one attached hydrogen (secondary N) is 1. The third-order valence-electron chi connectivity index (χ3n) is 5.44. The van der Waals surface area contributed by atoms with E-state index in [0.717, 1.165) is 30.2 Å². The van der Waals surface area contributed by atoms with Crippen molar-refractivity contribution in [2.24, 2.45) is 5.41 Å². The Morgan fingerprint density at radius 2 is 2.08 bits per heavy atom. The van der Waals surface area contributed by atoms with Gasteiger partial charge in [0.1, 0.15) is 11.3 Å². The molecule has 0 radical (unpaired) electrons. The quantitative estimate of drug-likeness (QED) is 0.765. The summed E-state index contributed by atoms with van der Waals surface area (Å²) in [5.41, 5.74) is 3.31. The lowest BCUT2D eigenvalue weighted by Crippen LogP contribution is -2.38. The lowest BCUT2D eigenvalue weighted by Gasteiger charge is -2.39. The van der Waals surface area contributed by atoms with E-state index in [1.54, 1.807) is 18.5 Å². The molecule has 0 bridgehead atoms. The Morgan fingerprint density at radius 3 is 2.80 bits per heavy atom. The summed E-state index contributed by atoms with van der Waals surface area (Å²) >= 11 is 6.27. The van der Waals surface area contributed by atoms with Crippen LogP contribution in [0.15, 0.2) is 24.7 Å². The zero-order valence-corrected chi connectivity index (χ0v) is 15.2. The molecule has 0 spiro atoms. The van der Waals surface area contributed by atoms with Gasteiger partial charge >= 0.3 is 0 Å². The predicted molar refractivity (Wildman–Crippen MR) is 99.8 cm³/mol. The van der Waals surface area contributed by atoms with Gasteiger partial charge < -0.3 is 4.90 Å². The molecule has 4 heterocycles. The van der Waals surface area contributed by atoms with Gasteiger partial charge in [-0.05, 0) is 24.3 Å². The van der Waals surface area contributed by atoms with Gasteiger partial charge in [0.25, 0.3) is 0 Å². The molecule has 1 N–H and O–H groups in total. The van der Waals surface area contributed by atoms with E-state index in [9.17, 15) is 0 Å². The minimum atomic E-state index is 0.449. The van der Waals surface area contributed by atoms with Crippen LogP contribution in [0, 0.1) is 5.41 Å². The average Bonchev–Trinajstić information content (AvgIpc) is 3.06. The number of pyridine rings is 1. The van der Waals surface area contributed by atoms with Crippen LogP contribution in [-0.2, 0) is 0 Å². The van der Waals surface area contributed by atoms with Gasteiger partial charge in [-0.25, -0.2) is 9.97 Å². The number of rotatable bonds is 3. The van der Waals surface area contributed by atoms with Crippen molar-refractivity contribution in [3.05, 3.63) is 29.7 Å². The molecule has 130 valence electrons. The van der Waals surface area contributed by atoms with Gasteiger partial charge in [-0.15, -0.1) is 0 Å². The highest BCUT2D eigenvalue weighted by Gasteiger charge is 2.29. The van der Waals surface area contributed by atoms with E-state index in [1.807, 2.05) is 6.20 Å². The van der Waals surface area contributed by atoms with Crippen molar-refractivity contribution in [2.45, 2.75) is 33.1 Å². The molecule has 3 aromatic rings. The molecule has 0 saturated carbocycles. The third kappa shape index (κ3) is 2.95. The number of aromatic amines is 1. The number of hydrogen-bond donors (Lipinski definition) is 1. The first-order valence-corrected chi connectivity index (χ1v) is 9.03. The van der Waals surface area contributed by atoms with E-state index in [0.29, 0.717) is 21.6 Å². The number of aromatic nitrogens is 5. The van der Waals surface area contributed by atoms with E-state index >= 15 is 0 Å². The second-order valence-electron chi connectivity index (χ2n) is 7.01. The normalized spacial score (nSPS) is 17.2. The maximum Gasteiger partial charge on any atom is 0.202 e. The predicted octanol–water partition coefficient (Wildman–Crippen LogP) is 4.08. The van der Waals surface area contributed by atoms with Crippen LogP contribution < -0.4 is 4.90 Å². The van der Waals surface area contributed by atoms with Crippen LogP contribution in [0.2, 0.25) is 5.02 Å². The number of H-pyrrole nitrogens is 1. The van der Waals surface area contributed by atoms with Crippen LogP contribution in [0.25, 0.3) is 22.4 Å². The fourth-order valence-electron chi connectivity index (χ4n) is 3.32. The van der Waals surface area contributed by atoms with Crippen molar-refractivity contribution < 1.29 is 0 Å². The van der Waals surface area contributed by atoms with Crippen molar-refractivity contribution in [1.82, 2.24) is 25.1 Å². The highest BCUT2D eigenvalue weighted by Crippen LogP contribution is 2.35. The molecule has 0 aromatic carbocycles. The zero-order chi connectivity index (χ0) is 17.4. The lowest BCUT2D eigenvalue weighted by molar-refractivity contribution is 0.238. The summed E-state index contributed by atoms with van der Waals surface area (Å²) in [6.07, 6.45) is 8.79. The van der Waals surface area contributed by atoms with Crippen LogP contribution in [0.3, 0.4) is 0 Å². The van der Waals surface area contributed by atoms with Crippen molar-refractivity contribution in [3.63, 3.8) is 0 Å². The SMILES string of the molecule is CCC1(C)CCN(c2cnc3c(-c4cnccc4Cl)[nH]nc3n2)CC1. The number of piperidine rings is 1. The molecule has 1 aliphatic heterocycles. The van der Waals surface area contributed by atoms with Crippen LogP contribution in [-0.4, -0.2) is 38.2 Å². The lowest BCUT2D eigenvalue weighted by atomic mass is 9.78. The van der Waals surface area contributed by atoms with Gasteiger partial charge in [-0.3, -0.25) is 10.1 Å². The fraction of sp³-hybridized carbons (Fsp3) is 0.444. The van der Waals surface area contributed by atoms with Crippen LogP contribution in [0.1, 0.15) is 33.1 Å². The average molecular weight is 357 g/mol. The third-order valence-corrected chi connectivity index (χ3v) is 5.77. The second-order valence-corrected chi connectivity index (χ2v) is 7.41. The van der Waals surface area contributed by atoms with Crippen molar-refractivity contribution in [3.8, 4) is 11.3 Å². The molecular weight excluding hydrogens is 336 g/mol. The first-order valence-electron chi connectivity index (χ1n) is 8.65. The highest BCUT2D eigenvalue weighted by molar-refractivity contribution is 6.33. The summed E-state index contributed by atoms with van der Waals surface area (Å²) in [6.45, 7) is 6.67. The summed E-state index contributed by atoms with van der Waals surface area (Å²) in [6, 6.07) is 1.75. The molecule has 1 aliphatic rings. The molecule has 25 heavy (non-hydrogen) atoms. The Morgan fingerprint density at radius 1 is 1.28 bits per heavy atom. The molecule has 0 atom stereocenters. The van der Waals surface area contributed by atoms with Gasteiger partial charge in [0.05, 0.1) is 16.9 Å². The molecule has 7 heteroatoms. The molecule has 3 aromatic heterocycles. The standard InChI is InChI=1S/C18H21ClN6/c1-3-18(2)5-8-25(9-6-18)14-11-21-16-15(23-24-17(16)22-14)12-10-20-7-4-13(12)19/h4,7,10-11H,3,5-6,8-9H2,1-2H3,(H,22,23,24). The van der Waals surface area contributed by atoms with Gasteiger partial charge in [-0.2, -0.15) is 5.10 Å². The van der Waals surface area contributed by atoms with E-state index in [1.165, 1.54) is 19.3 Å². The Kier molecular flexibility index (Phi) is 4.07. The molecule has 1 saturated heterocycles. The zero-order valence-electron chi connectivity index (χ0n) is 14.5. The minimum absolute atomic E-state index is 0.449. The van der Waals surface area contributed by atoms with Crippen LogP contribution in [0.5, 0.6) is 0 Å². The number of hydrogen-bond acceptors (Lipinski definition) is 5. The number of halogens is 1. The maximum atomic E-state index is 6.27.